The minimum atomic E-state index is -0.790. The van der Waals surface area contributed by atoms with E-state index < -0.39 is 11.9 Å². The predicted octanol–water partition coefficient (Wildman–Crippen LogP) is 1.78. The van der Waals surface area contributed by atoms with E-state index in [0.717, 1.165) is 0 Å². The standard InChI is InChI=1S/C19H19NO3/c1-6-9-20(10-7-2)13-16(21)15-11-14(8-3)18-17(12-15)22-19(4,5)23-18/h1-3,11-12,16,21H,9-10,13H2,4-5H3. The van der Waals surface area contributed by atoms with Crippen molar-refractivity contribution in [3.05, 3.63) is 23.3 Å². The maximum atomic E-state index is 10.5. The first-order chi connectivity index (χ1) is 10.9. The number of aliphatic hydroxyl groups excluding tert-OH is 1. The van der Waals surface area contributed by atoms with Gasteiger partial charge in [0.1, 0.15) is 0 Å². The Morgan fingerprint density at radius 3 is 2.39 bits per heavy atom. The van der Waals surface area contributed by atoms with Gasteiger partial charge >= 0.3 is 0 Å². The summed E-state index contributed by atoms with van der Waals surface area (Å²) in [6, 6.07) is 3.46. The van der Waals surface area contributed by atoms with Crippen LogP contribution in [0.2, 0.25) is 0 Å². The molecule has 1 N–H and O–H groups in total. The second kappa shape index (κ2) is 6.67. The van der Waals surface area contributed by atoms with Crippen molar-refractivity contribution >= 4 is 0 Å². The second-order valence-electron chi connectivity index (χ2n) is 5.74. The average molecular weight is 309 g/mol. The summed E-state index contributed by atoms with van der Waals surface area (Å²) in [6.45, 7) is 4.62. The Morgan fingerprint density at radius 2 is 1.83 bits per heavy atom. The number of hydrogen-bond acceptors (Lipinski definition) is 4. The number of nitrogens with zero attached hydrogens (tertiary/aromatic N) is 1. The first kappa shape index (κ1) is 16.8. The molecule has 4 heteroatoms. The molecule has 0 spiro atoms. The van der Waals surface area contributed by atoms with Crippen LogP contribution in [0.5, 0.6) is 11.5 Å². The molecule has 1 heterocycles. The first-order valence-electron chi connectivity index (χ1n) is 7.20. The molecule has 0 aliphatic carbocycles. The molecule has 4 nitrogen and oxygen atoms in total. The van der Waals surface area contributed by atoms with Crippen molar-refractivity contribution in [1.82, 2.24) is 4.90 Å². The van der Waals surface area contributed by atoms with Gasteiger partial charge < -0.3 is 14.6 Å². The molecule has 0 fully saturated rings. The molecule has 23 heavy (non-hydrogen) atoms. The Labute approximate surface area is 137 Å². The molecule has 1 unspecified atom stereocenters. The Bertz CT molecular complexity index is 700. The van der Waals surface area contributed by atoms with Crippen LogP contribution in [0.25, 0.3) is 0 Å². The summed E-state index contributed by atoms with van der Waals surface area (Å²) >= 11 is 0. The number of rotatable bonds is 5. The lowest BCUT2D eigenvalue weighted by molar-refractivity contribution is -0.0433. The molecule has 1 aromatic rings. The fourth-order valence-corrected chi connectivity index (χ4v) is 2.43. The van der Waals surface area contributed by atoms with E-state index in [1.165, 1.54) is 0 Å². The molecule has 0 saturated heterocycles. The van der Waals surface area contributed by atoms with E-state index >= 15 is 0 Å². The smallest absolute Gasteiger partial charge is 0.246 e. The van der Waals surface area contributed by atoms with Crippen LogP contribution in [0.1, 0.15) is 31.1 Å². The topological polar surface area (TPSA) is 41.9 Å². The third-order valence-corrected chi connectivity index (χ3v) is 3.38. The molecule has 118 valence electrons. The third-order valence-electron chi connectivity index (χ3n) is 3.38. The van der Waals surface area contributed by atoms with Gasteiger partial charge in [-0.3, -0.25) is 4.90 Å². The average Bonchev–Trinajstić information content (AvgIpc) is 2.80. The van der Waals surface area contributed by atoms with Crippen molar-refractivity contribution in [2.45, 2.75) is 25.7 Å². The van der Waals surface area contributed by atoms with Gasteiger partial charge in [0.05, 0.1) is 24.8 Å². The minimum absolute atomic E-state index is 0.307. The summed E-state index contributed by atoms with van der Waals surface area (Å²) in [6.07, 6.45) is 15.4. The minimum Gasteiger partial charge on any atom is -0.449 e. The summed E-state index contributed by atoms with van der Waals surface area (Å²) in [5.41, 5.74) is 1.18. The van der Waals surface area contributed by atoms with Crippen molar-refractivity contribution in [2.75, 3.05) is 19.6 Å². The van der Waals surface area contributed by atoms with E-state index in [1.807, 2.05) is 0 Å². The maximum Gasteiger partial charge on any atom is 0.246 e. The molecule has 1 aliphatic heterocycles. The van der Waals surface area contributed by atoms with E-state index in [1.54, 1.807) is 30.9 Å². The highest BCUT2D eigenvalue weighted by atomic mass is 16.7. The van der Waals surface area contributed by atoms with Gasteiger partial charge in [-0.15, -0.1) is 19.3 Å². The number of terminal acetylenes is 3. The van der Waals surface area contributed by atoms with Crippen LogP contribution in [0.3, 0.4) is 0 Å². The van der Waals surface area contributed by atoms with E-state index in [9.17, 15) is 5.11 Å². The lowest BCUT2D eigenvalue weighted by atomic mass is 10.0. The normalized spacial score (nSPS) is 15.5. The van der Waals surface area contributed by atoms with Gasteiger partial charge in [-0.05, 0) is 17.7 Å². The van der Waals surface area contributed by atoms with Crippen molar-refractivity contribution in [3.63, 3.8) is 0 Å². The number of fused-ring (bicyclic) bond motifs is 1. The molecule has 1 aliphatic rings. The SMILES string of the molecule is C#CCN(CC#C)CC(O)c1cc(C#C)c2c(c1)OC(C)(C)O2. The molecule has 0 saturated carbocycles. The van der Waals surface area contributed by atoms with Gasteiger partial charge in [-0.25, -0.2) is 0 Å². The lowest BCUT2D eigenvalue weighted by Crippen LogP contribution is -2.30. The Kier molecular flexibility index (Phi) is 4.87. The van der Waals surface area contributed by atoms with Crippen LogP contribution >= 0.6 is 0 Å². The fourth-order valence-electron chi connectivity index (χ4n) is 2.43. The number of aliphatic hydroxyl groups is 1. The fraction of sp³-hybridized carbons (Fsp3) is 0.368. The zero-order valence-electron chi connectivity index (χ0n) is 13.3. The zero-order valence-corrected chi connectivity index (χ0v) is 13.3. The highest BCUT2D eigenvalue weighted by molar-refractivity contribution is 5.58. The van der Waals surface area contributed by atoms with E-state index in [0.29, 0.717) is 42.3 Å². The van der Waals surface area contributed by atoms with Crippen molar-refractivity contribution in [1.29, 1.82) is 0 Å². The van der Waals surface area contributed by atoms with E-state index in [2.05, 4.69) is 17.8 Å². The Morgan fingerprint density at radius 1 is 1.17 bits per heavy atom. The molecule has 0 radical (unpaired) electrons. The number of benzene rings is 1. The summed E-state index contributed by atoms with van der Waals surface area (Å²) in [4.78, 5) is 1.80. The maximum absolute atomic E-state index is 10.5. The lowest BCUT2D eigenvalue weighted by Gasteiger charge is -2.21. The van der Waals surface area contributed by atoms with Gasteiger partial charge in [0.25, 0.3) is 0 Å². The number of ether oxygens (including phenoxy) is 2. The third kappa shape index (κ3) is 3.79. The van der Waals surface area contributed by atoms with Gasteiger partial charge in [0, 0.05) is 20.4 Å². The molecular weight excluding hydrogens is 290 g/mol. The monoisotopic (exact) mass is 309 g/mol. The van der Waals surface area contributed by atoms with Crippen LogP contribution in [-0.2, 0) is 0 Å². The van der Waals surface area contributed by atoms with Gasteiger partial charge in [-0.2, -0.15) is 0 Å². The largest absolute Gasteiger partial charge is 0.449 e. The summed E-state index contributed by atoms with van der Waals surface area (Å²) < 4.78 is 11.4. The Hall–Kier alpha value is -2.58. The summed E-state index contributed by atoms with van der Waals surface area (Å²) in [5.74, 6) is 7.89. The predicted molar refractivity (Wildman–Crippen MR) is 88.8 cm³/mol. The zero-order chi connectivity index (χ0) is 17.0. The van der Waals surface area contributed by atoms with Gasteiger partial charge in [0.15, 0.2) is 11.5 Å². The molecule has 0 aromatic heterocycles. The van der Waals surface area contributed by atoms with Crippen molar-refractivity contribution < 1.29 is 14.6 Å². The highest BCUT2D eigenvalue weighted by Crippen LogP contribution is 2.43. The first-order valence-corrected chi connectivity index (χ1v) is 7.20. The van der Waals surface area contributed by atoms with Crippen LogP contribution in [-0.4, -0.2) is 35.4 Å². The molecule has 0 bridgehead atoms. The summed E-state index contributed by atoms with van der Waals surface area (Å²) in [7, 11) is 0. The van der Waals surface area contributed by atoms with Crippen LogP contribution in [0.15, 0.2) is 12.1 Å². The second-order valence-corrected chi connectivity index (χ2v) is 5.74. The van der Waals surface area contributed by atoms with Crippen LogP contribution < -0.4 is 9.47 Å². The van der Waals surface area contributed by atoms with Crippen LogP contribution in [0.4, 0.5) is 0 Å². The highest BCUT2D eigenvalue weighted by Gasteiger charge is 2.34. The molecule has 1 atom stereocenters. The van der Waals surface area contributed by atoms with E-state index in [-0.39, 0.29) is 0 Å². The van der Waals surface area contributed by atoms with Crippen LogP contribution in [0, 0.1) is 37.0 Å². The molecule has 2 rings (SSSR count). The molecule has 1 aromatic carbocycles. The van der Waals surface area contributed by atoms with Gasteiger partial charge in [-0.1, -0.05) is 17.8 Å². The molecule has 0 amide bonds. The van der Waals surface area contributed by atoms with E-state index in [4.69, 9.17) is 28.7 Å². The van der Waals surface area contributed by atoms with Crippen molar-refractivity contribution in [3.8, 4) is 48.5 Å². The number of hydrogen-bond donors (Lipinski definition) is 1. The van der Waals surface area contributed by atoms with Crippen molar-refractivity contribution in [2.24, 2.45) is 0 Å². The summed E-state index contributed by atoms with van der Waals surface area (Å²) in [5, 5.41) is 10.5. The van der Waals surface area contributed by atoms with Gasteiger partial charge in [0.2, 0.25) is 5.79 Å². The quantitative estimate of drug-likeness (QED) is 0.842. The Balaban J connectivity index is 2.26. The molecular formula is C19H19NO3.